The van der Waals surface area contributed by atoms with Gasteiger partial charge in [-0.2, -0.15) is 0 Å². The van der Waals surface area contributed by atoms with Gasteiger partial charge in [0.15, 0.2) is 17.5 Å². The minimum absolute atomic E-state index is 0.0564. The third-order valence-electron chi connectivity index (χ3n) is 10.9. The van der Waals surface area contributed by atoms with E-state index >= 15 is 0 Å². The predicted octanol–water partition coefficient (Wildman–Crippen LogP) is 15.0. The van der Waals surface area contributed by atoms with E-state index < -0.39 is 24.2 Å². The highest BCUT2D eigenvalue weighted by Crippen LogP contribution is 2.37. The fourth-order valence-electron chi connectivity index (χ4n) is 7.77. The summed E-state index contributed by atoms with van der Waals surface area (Å²) in [7, 11) is 0. The van der Waals surface area contributed by atoms with Crippen molar-refractivity contribution in [3.8, 4) is 78.7 Å². The molecule has 0 fully saturated rings. The van der Waals surface area contributed by atoms with Crippen LogP contribution >= 0.6 is 0 Å². The highest BCUT2D eigenvalue weighted by molar-refractivity contribution is 5.94. The lowest BCUT2D eigenvalue weighted by atomic mass is 9.93. The summed E-state index contributed by atoms with van der Waals surface area (Å²) in [5.74, 6) is 1.23. The Morgan fingerprint density at radius 1 is 0.250 bits per heavy atom. The van der Waals surface area contributed by atoms with Crippen molar-refractivity contribution in [2.45, 2.75) is 0 Å². The Kier molecular flexibility index (Phi) is 7.13. The first-order valence-corrected chi connectivity index (χ1v) is 19.8. The average molecular weight is 771 g/mol. The van der Waals surface area contributed by atoms with Crippen molar-refractivity contribution >= 4 is 32.3 Å². The second kappa shape index (κ2) is 15.1. The summed E-state index contributed by atoms with van der Waals surface area (Å²) >= 11 is 0. The first-order chi connectivity index (χ1) is 32.6. The van der Waals surface area contributed by atoms with Crippen molar-refractivity contribution in [1.29, 1.82) is 0 Å². The molecule has 0 unspecified atom stereocenters. The molecule has 0 spiro atoms. The van der Waals surface area contributed by atoms with Crippen LogP contribution < -0.4 is 0 Å². The molecule has 3 heteroatoms. The quantitative estimate of drug-likeness (QED) is 0.162. The summed E-state index contributed by atoms with van der Waals surface area (Å²) in [5.41, 5.74) is 8.61. The largest absolute Gasteiger partial charge is 0.208 e. The molecule has 0 saturated heterocycles. The number of fused-ring (bicyclic) bond motifs is 3. The molecule has 11 aromatic rings. The van der Waals surface area contributed by atoms with Gasteiger partial charge in [-0.1, -0.05) is 176 Å². The molecule has 0 N–H and O–H groups in total. The maximum Gasteiger partial charge on any atom is 0.164 e. The van der Waals surface area contributed by atoms with Crippen LogP contribution in [0.25, 0.3) is 111 Å². The number of hydrogen-bond acceptors (Lipinski definition) is 3. The van der Waals surface area contributed by atoms with Gasteiger partial charge in [0.25, 0.3) is 0 Å². The van der Waals surface area contributed by atoms with E-state index in [1.807, 2.05) is 91.0 Å². The van der Waals surface area contributed by atoms with Gasteiger partial charge in [-0.15, -0.1) is 0 Å². The van der Waals surface area contributed by atoms with Crippen molar-refractivity contribution in [2.24, 2.45) is 0 Å². The smallest absolute Gasteiger partial charge is 0.164 e. The second-order valence-corrected chi connectivity index (χ2v) is 14.8. The van der Waals surface area contributed by atoms with Crippen LogP contribution in [0.3, 0.4) is 0 Å². The fraction of sp³-hybridized carbons (Fsp3) is 0. The third kappa shape index (κ3) is 6.89. The van der Waals surface area contributed by atoms with Crippen molar-refractivity contribution in [3.05, 3.63) is 224 Å². The molecule has 1 aromatic heterocycles. The maximum absolute atomic E-state index is 9.50. The topological polar surface area (TPSA) is 38.7 Å². The minimum atomic E-state index is -0.516. The van der Waals surface area contributed by atoms with Gasteiger partial charge in [0.1, 0.15) is 0 Å². The van der Waals surface area contributed by atoms with Gasteiger partial charge in [-0.05, 0) is 125 Å². The second-order valence-electron chi connectivity index (χ2n) is 14.8. The van der Waals surface area contributed by atoms with Crippen molar-refractivity contribution in [3.63, 3.8) is 0 Å². The molecule has 0 aliphatic heterocycles. The Morgan fingerprint density at radius 2 is 0.650 bits per heavy atom. The molecule has 0 amide bonds. The number of nitrogens with zero attached hydrogens (tertiary/aromatic N) is 3. The first-order valence-electron chi connectivity index (χ1n) is 23.3. The van der Waals surface area contributed by atoms with Crippen LogP contribution in [0.1, 0.15) is 9.60 Å². The number of aromatic nitrogens is 3. The molecule has 11 rings (SSSR count). The molecule has 0 bridgehead atoms. The fourth-order valence-corrected chi connectivity index (χ4v) is 7.77. The SMILES string of the molecule is [2H]c1c([2H])c([2H])c2c([2H])c(-c3cc(-c4ccc5cc(-c6ccccc6)ccc5c4)cc(-c4nc(-c5ccccc5)nc(-c5ccc6cc(-c7ccccc7)ccc6c5)n4)c3)c([2H])c([2H])c2c1[2H]. The molecule has 10 aromatic carbocycles. The lowest BCUT2D eigenvalue weighted by Gasteiger charge is -2.14. The summed E-state index contributed by atoms with van der Waals surface area (Å²) in [6, 6.07) is 58.0. The van der Waals surface area contributed by atoms with E-state index in [0.29, 0.717) is 28.6 Å². The lowest BCUT2D eigenvalue weighted by Crippen LogP contribution is -2.00. The van der Waals surface area contributed by atoms with E-state index in [4.69, 9.17) is 21.8 Å². The van der Waals surface area contributed by atoms with E-state index in [2.05, 4.69) is 84.9 Å². The molecule has 60 heavy (non-hydrogen) atoms. The number of benzene rings is 10. The monoisotopic (exact) mass is 770 g/mol. The summed E-state index contributed by atoms with van der Waals surface area (Å²) in [6.07, 6.45) is 0. The third-order valence-corrected chi connectivity index (χ3v) is 10.9. The van der Waals surface area contributed by atoms with Crippen LogP contribution in [-0.2, 0) is 0 Å². The van der Waals surface area contributed by atoms with Gasteiger partial charge in [0.05, 0.1) is 9.60 Å². The average Bonchev–Trinajstić information content (AvgIpc) is 3.38. The standard InChI is InChI=1S/C57H37N3/c1-4-12-38(13-5-1)43-22-24-46-33-50(27-26-45(46)31-43)53-35-52(49-21-20-40-16-10-11-19-42(40)30-49)36-54(37-53)57-59-55(41-17-8-3-9-18-41)58-56(60-57)51-29-28-47-32-44(23-25-48(47)34-51)39-14-6-2-7-15-39/h1-37H/i10D,11D,16D,19D,20D,21D,30D. The summed E-state index contributed by atoms with van der Waals surface area (Å²) in [4.78, 5) is 15.2. The van der Waals surface area contributed by atoms with Crippen LogP contribution in [0.15, 0.2) is 224 Å². The van der Waals surface area contributed by atoms with Crippen molar-refractivity contribution < 1.29 is 9.60 Å². The molecular weight excluding hydrogens is 727 g/mol. The Hall–Kier alpha value is -8.01. The van der Waals surface area contributed by atoms with Crippen LogP contribution in [0.2, 0.25) is 0 Å². The highest BCUT2D eigenvalue weighted by atomic mass is 15.0. The van der Waals surface area contributed by atoms with Crippen molar-refractivity contribution in [2.75, 3.05) is 0 Å². The molecule has 1 heterocycles. The van der Waals surface area contributed by atoms with Crippen LogP contribution in [0, 0.1) is 0 Å². The first kappa shape index (κ1) is 28.4. The molecule has 280 valence electrons. The molecule has 0 saturated carbocycles. The number of hydrogen-bond donors (Lipinski definition) is 0. The Balaban J connectivity index is 1.12. The molecule has 0 radical (unpaired) electrons. The zero-order valence-corrected chi connectivity index (χ0v) is 32.2. The van der Waals surface area contributed by atoms with Gasteiger partial charge >= 0.3 is 0 Å². The summed E-state index contributed by atoms with van der Waals surface area (Å²) < 4.78 is 62.1. The summed E-state index contributed by atoms with van der Waals surface area (Å²) in [6.45, 7) is 0. The maximum atomic E-state index is 9.50. The van der Waals surface area contributed by atoms with Crippen LogP contribution in [-0.4, -0.2) is 15.0 Å². The van der Waals surface area contributed by atoms with Gasteiger partial charge in [0.2, 0.25) is 0 Å². The zero-order valence-electron chi connectivity index (χ0n) is 39.2. The van der Waals surface area contributed by atoms with Gasteiger partial charge in [-0.3, -0.25) is 0 Å². The molecule has 0 atom stereocenters. The van der Waals surface area contributed by atoms with Crippen LogP contribution in [0.5, 0.6) is 0 Å². The summed E-state index contributed by atoms with van der Waals surface area (Å²) in [5, 5.41) is 3.86. The Labute approximate surface area is 358 Å². The Morgan fingerprint density at radius 3 is 1.20 bits per heavy atom. The Bertz CT molecular complexity index is 3770. The molecular formula is C57H37N3. The number of rotatable bonds is 7. The van der Waals surface area contributed by atoms with Crippen LogP contribution in [0.4, 0.5) is 0 Å². The zero-order chi connectivity index (χ0) is 45.9. The highest BCUT2D eigenvalue weighted by Gasteiger charge is 2.16. The molecule has 0 aliphatic rings. The molecule has 3 nitrogen and oxygen atoms in total. The minimum Gasteiger partial charge on any atom is -0.208 e. The van der Waals surface area contributed by atoms with Gasteiger partial charge in [-0.25, -0.2) is 15.0 Å². The van der Waals surface area contributed by atoms with E-state index in [1.54, 1.807) is 6.07 Å². The van der Waals surface area contributed by atoms with E-state index in [-0.39, 0.29) is 34.5 Å². The van der Waals surface area contributed by atoms with Crippen molar-refractivity contribution in [1.82, 2.24) is 15.0 Å². The van der Waals surface area contributed by atoms with E-state index in [9.17, 15) is 2.74 Å². The van der Waals surface area contributed by atoms with E-state index in [1.165, 1.54) is 0 Å². The van der Waals surface area contributed by atoms with E-state index in [0.717, 1.165) is 66.1 Å². The van der Waals surface area contributed by atoms with Gasteiger partial charge in [0, 0.05) is 16.7 Å². The molecule has 0 aliphatic carbocycles. The van der Waals surface area contributed by atoms with Gasteiger partial charge < -0.3 is 0 Å². The normalized spacial score (nSPS) is 13.0. The lowest BCUT2D eigenvalue weighted by molar-refractivity contribution is 1.07. The predicted molar refractivity (Wildman–Crippen MR) is 250 cm³/mol.